The molecular weight excluding hydrogens is 402 g/mol. The van der Waals surface area contributed by atoms with E-state index in [1.165, 1.54) is 31.5 Å². The molecule has 1 aliphatic rings. The van der Waals surface area contributed by atoms with Crippen molar-refractivity contribution >= 4 is 29.3 Å². The number of carbonyl (C=O) groups is 2. The summed E-state index contributed by atoms with van der Waals surface area (Å²) in [5, 5.41) is 5.89. The molecule has 0 aliphatic carbocycles. The summed E-state index contributed by atoms with van der Waals surface area (Å²) in [5.41, 5.74) is 8.62. The number of anilines is 2. The van der Waals surface area contributed by atoms with Crippen molar-refractivity contribution in [1.29, 1.82) is 0 Å². The Morgan fingerprint density at radius 3 is 2.44 bits per heavy atom. The van der Waals surface area contributed by atoms with Crippen LogP contribution >= 0.6 is 0 Å². The second-order valence-corrected chi connectivity index (χ2v) is 8.10. The van der Waals surface area contributed by atoms with Gasteiger partial charge in [-0.3, -0.25) is 9.59 Å². The number of carbonyl (C=O) groups excluding carboxylic acids is 2. The third-order valence-electron chi connectivity index (χ3n) is 5.21. The lowest BCUT2D eigenvalue weighted by atomic mass is 10.1. The Labute approximate surface area is 189 Å². The largest absolute Gasteiger partial charge is 0.404 e. The lowest BCUT2D eigenvalue weighted by Gasteiger charge is -2.28. The van der Waals surface area contributed by atoms with Crippen molar-refractivity contribution in [3.8, 4) is 0 Å². The van der Waals surface area contributed by atoms with Crippen LogP contribution in [0.4, 0.5) is 11.5 Å². The number of benzene rings is 1. The van der Waals surface area contributed by atoms with Crippen LogP contribution in [0.15, 0.2) is 60.4 Å². The zero-order valence-corrected chi connectivity index (χ0v) is 18.7. The average molecular weight is 434 g/mol. The highest BCUT2D eigenvalue weighted by molar-refractivity contribution is 5.99. The van der Waals surface area contributed by atoms with Crippen molar-refractivity contribution in [3.05, 3.63) is 71.7 Å². The summed E-state index contributed by atoms with van der Waals surface area (Å²) in [5.74, 6) is 0.351. The zero-order valence-electron chi connectivity index (χ0n) is 18.7. The Hall–Kier alpha value is -3.61. The van der Waals surface area contributed by atoms with E-state index in [9.17, 15) is 9.59 Å². The summed E-state index contributed by atoms with van der Waals surface area (Å²) >= 11 is 0. The molecule has 7 heteroatoms. The monoisotopic (exact) mass is 433 g/mol. The van der Waals surface area contributed by atoms with E-state index in [1.54, 1.807) is 18.2 Å². The Morgan fingerprint density at radius 2 is 1.81 bits per heavy atom. The van der Waals surface area contributed by atoms with Crippen molar-refractivity contribution in [2.24, 2.45) is 5.73 Å². The van der Waals surface area contributed by atoms with Gasteiger partial charge in [0.05, 0.1) is 11.4 Å². The molecule has 0 saturated carbocycles. The van der Waals surface area contributed by atoms with Gasteiger partial charge in [0.15, 0.2) is 6.29 Å². The molecule has 1 aromatic carbocycles. The summed E-state index contributed by atoms with van der Waals surface area (Å²) in [6.45, 7) is 6.12. The molecule has 0 bridgehead atoms. The predicted octanol–water partition coefficient (Wildman–Crippen LogP) is 3.70. The first-order chi connectivity index (χ1) is 15.5. The van der Waals surface area contributed by atoms with E-state index in [-0.39, 0.29) is 17.6 Å². The highest BCUT2D eigenvalue weighted by Gasteiger charge is 2.13. The first-order valence-corrected chi connectivity index (χ1v) is 11.0. The van der Waals surface area contributed by atoms with E-state index in [1.807, 2.05) is 38.1 Å². The number of pyridine rings is 1. The number of hydrogen-bond donors (Lipinski definition) is 3. The number of piperidine rings is 1. The number of aldehydes is 1. The van der Waals surface area contributed by atoms with E-state index in [4.69, 9.17) is 5.73 Å². The van der Waals surface area contributed by atoms with E-state index < -0.39 is 0 Å². The molecule has 0 spiro atoms. The fourth-order valence-electron chi connectivity index (χ4n) is 3.63. The smallest absolute Gasteiger partial charge is 0.255 e. The second kappa shape index (κ2) is 11.1. The van der Waals surface area contributed by atoms with Crippen molar-refractivity contribution < 1.29 is 9.59 Å². The van der Waals surface area contributed by atoms with Crippen LogP contribution in [0.25, 0.3) is 5.57 Å². The average Bonchev–Trinajstić information content (AvgIpc) is 2.82. The highest BCUT2D eigenvalue weighted by Crippen LogP contribution is 2.21. The fraction of sp³-hybridized carbons (Fsp3) is 0.320. The molecule has 2 aromatic rings. The standard InChI is InChI=1S/C25H31N5O2/c1-18(2)27-24-8-6-7-23(29-24)20(16-26)15-21(17-31)28-25(32)19-9-11-22(12-10-19)30-13-4-3-5-14-30/h6-12,15-18H,3-5,13-14,26H2,1-2H3,(H,27,29)(H,28,32)/b20-16+,21-15+. The lowest BCUT2D eigenvalue weighted by molar-refractivity contribution is -0.105. The molecule has 0 radical (unpaired) electrons. The molecule has 1 fully saturated rings. The molecule has 0 unspecified atom stereocenters. The molecule has 3 rings (SSSR count). The normalized spacial score (nSPS) is 14.9. The minimum absolute atomic E-state index is 0.107. The minimum Gasteiger partial charge on any atom is -0.404 e. The van der Waals surface area contributed by atoms with Gasteiger partial charge in [0, 0.05) is 42.2 Å². The van der Waals surface area contributed by atoms with E-state index >= 15 is 0 Å². The molecule has 4 N–H and O–H groups in total. The Bertz CT molecular complexity index is 990. The first kappa shape index (κ1) is 23.1. The minimum atomic E-state index is -0.354. The Balaban J connectivity index is 1.71. The summed E-state index contributed by atoms with van der Waals surface area (Å²) in [6, 6.07) is 13.2. The van der Waals surface area contributed by atoms with Crippen LogP contribution in [-0.4, -0.2) is 36.3 Å². The molecule has 0 atom stereocenters. The molecule has 32 heavy (non-hydrogen) atoms. The van der Waals surface area contributed by atoms with Crippen LogP contribution in [0.2, 0.25) is 0 Å². The number of nitrogens with zero attached hydrogens (tertiary/aromatic N) is 2. The van der Waals surface area contributed by atoms with Crippen LogP contribution in [0, 0.1) is 0 Å². The molecule has 2 heterocycles. The van der Waals surface area contributed by atoms with Crippen molar-refractivity contribution in [1.82, 2.24) is 10.3 Å². The zero-order chi connectivity index (χ0) is 22.9. The molecule has 1 aliphatic heterocycles. The molecule has 7 nitrogen and oxygen atoms in total. The van der Waals surface area contributed by atoms with Gasteiger partial charge in [-0.15, -0.1) is 0 Å². The van der Waals surface area contributed by atoms with E-state index in [0.29, 0.717) is 28.9 Å². The number of aromatic nitrogens is 1. The third kappa shape index (κ3) is 6.20. The Morgan fingerprint density at radius 1 is 1.09 bits per heavy atom. The molecule has 168 valence electrons. The maximum atomic E-state index is 12.7. The third-order valence-corrected chi connectivity index (χ3v) is 5.21. The van der Waals surface area contributed by atoms with Gasteiger partial charge in [-0.2, -0.15) is 0 Å². The van der Waals surface area contributed by atoms with Crippen LogP contribution in [-0.2, 0) is 4.79 Å². The summed E-state index contributed by atoms with van der Waals surface area (Å²) in [6.07, 6.45) is 7.14. The van der Waals surface area contributed by atoms with Gasteiger partial charge in [0.2, 0.25) is 0 Å². The van der Waals surface area contributed by atoms with Crippen molar-refractivity contribution in [2.45, 2.75) is 39.2 Å². The summed E-state index contributed by atoms with van der Waals surface area (Å²) in [7, 11) is 0. The van der Waals surface area contributed by atoms with Crippen molar-refractivity contribution in [2.75, 3.05) is 23.3 Å². The topological polar surface area (TPSA) is 100 Å². The SMILES string of the molecule is CC(C)Nc1cccc(C(/C=C(\C=O)NC(=O)c2ccc(N3CCCCC3)cc2)=C/N)n1. The molecular formula is C25H31N5O2. The molecule has 1 amide bonds. The number of nitrogens with one attached hydrogen (secondary N) is 2. The van der Waals surface area contributed by atoms with Gasteiger partial charge in [-0.25, -0.2) is 4.98 Å². The maximum Gasteiger partial charge on any atom is 0.255 e. The predicted molar refractivity (Wildman–Crippen MR) is 129 cm³/mol. The second-order valence-electron chi connectivity index (χ2n) is 8.10. The fourth-order valence-corrected chi connectivity index (χ4v) is 3.63. The van der Waals surface area contributed by atoms with Gasteiger partial charge in [-0.1, -0.05) is 6.07 Å². The summed E-state index contributed by atoms with van der Waals surface area (Å²) < 4.78 is 0. The molecule has 1 aromatic heterocycles. The van der Waals surface area contributed by atoms with E-state index in [2.05, 4.69) is 20.5 Å². The number of amides is 1. The lowest BCUT2D eigenvalue weighted by Crippen LogP contribution is -2.29. The van der Waals surface area contributed by atoms with E-state index in [0.717, 1.165) is 18.8 Å². The van der Waals surface area contributed by atoms with Gasteiger partial charge < -0.3 is 21.3 Å². The van der Waals surface area contributed by atoms with Gasteiger partial charge in [0.1, 0.15) is 5.82 Å². The van der Waals surface area contributed by atoms with Gasteiger partial charge in [0.25, 0.3) is 5.91 Å². The van der Waals surface area contributed by atoms with Crippen LogP contribution in [0.3, 0.4) is 0 Å². The van der Waals surface area contributed by atoms with Crippen LogP contribution in [0.5, 0.6) is 0 Å². The first-order valence-electron chi connectivity index (χ1n) is 11.0. The number of hydrogen-bond acceptors (Lipinski definition) is 6. The quantitative estimate of drug-likeness (QED) is 0.333. The Kier molecular flexibility index (Phi) is 8.02. The summed E-state index contributed by atoms with van der Waals surface area (Å²) in [4.78, 5) is 31.2. The number of rotatable bonds is 8. The van der Waals surface area contributed by atoms with Gasteiger partial charge in [-0.05, 0) is 75.6 Å². The molecule has 1 saturated heterocycles. The maximum absolute atomic E-state index is 12.7. The van der Waals surface area contributed by atoms with Crippen LogP contribution < -0.4 is 21.3 Å². The number of allylic oxidation sites excluding steroid dienone is 3. The van der Waals surface area contributed by atoms with Gasteiger partial charge >= 0.3 is 0 Å². The highest BCUT2D eigenvalue weighted by atomic mass is 16.2. The van der Waals surface area contributed by atoms with Crippen molar-refractivity contribution in [3.63, 3.8) is 0 Å². The number of nitrogens with two attached hydrogens (primary N) is 1. The van der Waals surface area contributed by atoms with Crippen LogP contribution in [0.1, 0.15) is 49.2 Å².